The Balaban J connectivity index is 1.73. The van der Waals surface area contributed by atoms with Gasteiger partial charge in [0.05, 0.1) is 27.4 Å². The van der Waals surface area contributed by atoms with Crippen LogP contribution in [-0.4, -0.2) is 35.5 Å². The van der Waals surface area contributed by atoms with Crippen LogP contribution in [-0.2, 0) is 31.0 Å². The maximum atomic E-state index is 13.4. The lowest BCUT2D eigenvalue weighted by Gasteiger charge is -2.22. The lowest BCUT2D eigenvalue weighted by molar-refractivity contribution is -0.137. The van der Waals surface area contributed by atoms with E-state index in [1.165, 1.54) is 12.1 Å². The monoisotopic (exact) mass is 579 g/mol. The molecule has 2 N–H and O–H groups in total. The first-order valence-electron chi connectivity index (χ1n) is 10.1. The average Bonchev–Trinajstić information content (AvgIpc) is 2.78. The molecule has 3 aromatic carbocycles. The average molecular weight is 580 g/mol. The molecular formula is C22H18ClF4N3O5S2. The van der Waals surface area contributed by atoms with Gasteiger partial charge in [0.15, 0.2) is 0 Å². The zero-order valence-corrected chi connectivity index (χ0v) is 21.1. The Bertz CT molecular complexity index is 1530. The number of nitrogens with one attached hydrogen (secondary N) is 2. The van der Waals surface area contributed by atoms with Crippen LogP contribution in [0.1, 0.15) is 5.56 Å². The van der Waals surface area contributed by atoms with Crippen LogP contribution < -0.4 is 14.3 Å². The van der Waals surface area contributed by atoms with E-state index in [0.717, 1.165) is 54.8 Å². The van der Waals surface area contributed by atoms with Gasteiger partial charge in [-0.1, -0.05) is 17.7 Å². The van der Waals surface area contributed by atoms with Crippen LogP contribution in [0.4, 0.5) is 34.6 Å². The number of sulfonamides is 2. The number of amides is 1. The van der Waals surface area contributed by atoms with E-state index < -0.39 is 50.1 Å². The van der Waals surface area contributed by atoms with Gasteiger partial charge in [0.25, 0.3) is 10.0 Å². The molecule has 0 unspecified atom stereocenters. The van der Waals surface area contributed by atoms with Crippen molar-refractivity contribution in [2.45, 2.75) is 11.1 Å². The van der Waals surface area contributed by atoms with Gasteiger partial charge in [0.2, 0.25) is 15.9 Å². The first-order valence-corrected chi connectivity index (χ1v) is 13.8. The predicted octanol–water partition coefficient (Wildman–Crippen LogP) is 4.70. The topological polar surface area (TPSA) is 113 Å². The van der Waals surface area contributed by atoms with Crippen LogP contribution in [0.15, 0.2) is 71.6 Å². The molecule has 0 saturated carbocycles. The molecule has 0 heterocycles. The molecule has 0 aliphatic rings. The molecule has 0 aromatic heterocycles. The smallest absolute Gasteiger partial charge is 0.325 e. The maximum Gasteiger partial charge on any atom is 0.416 e. The van der Waals surface area contributed by atoms with E-state index in [4.69, 9.17) is 11.6 Å². The summed E-state index contributed by atoms with van der Waals surface area (Å²) < 4.78 is 104. The van der Waals surface area contributed by atoms with Gasteiger partial charge in [0, 0.05) is 11.4 Å². The van der Waals surface area contributed by atoms with Crippen LogP contribution in [0.2, 0.25) is 5.02 Å². The van der Waals surface area contributed by atoms with Crippen LogP contribution in [0.25, 0.3) is 0 Å². The van der Waals surface area contributed by atoms with E-state index in [-0.39, 0.29) is 27.0 Å². The van der Waals surface area contributed by atoms with E-state index in [0.29, 0.717) is 10.4 Å². The van der Waals surface area contributed by atoms with Crippen molar-refractivity contribution in [2.24, 2.45) is 0 Å². The molecule has 0 bridgehead atoms. The van der Waals surface area contributed by atoms with Crippen molar-refractivity contribution in [3.05, 3.63) is 83.1 Å². The molecule has 0 aliphatic carbocycles. The molecule has 15 heteroatoms. The van der Waals surface area contributed by atoms with E-state index >= 15 is 0 Å². The molecule has 0 saturated heterocycles. The van der Waals surface area contributed by atoms with Crippen molar-refractivity contribution in [1.29, 1.82) is 0 Å². The summed E-state index contributed by atoms with van der Waals surface area (Å²) >= 11 is 5.70. The van der Waals surface area contributed by atoms with Crippen molar-refractivity contribution < 1.29 is 39.2 Å². The third kappa shape index (κ3) is 7.33. The van der Waals surface area contributed by atoms with Gasteiger partial charge in [-0.3, -0.25) is 13.8 Å². The molecular weight excluding hydrogens is 562 g/mol. The van der Waals surface area contributed by atoms with Gasteiger partial charge >= 0.3 is 6.18 Å². The van der Waals surface area contributed by atoms with Gasteiger partial charge in [-0.15, -0.1) is 0 Å². The molecule has 3 rings (SSSR count). The van der Waals surface area contributed by atoms with Crippen LogP contribution >= 0.6 is 11.6 Å². The third-order valence-electron chi connectivity index (χ3n) is 4.77. The first kappa shape index (κ1) is 28.2. The summed E-state index contributed by atoms with van der Waals surface area (Å²) in [5.41, 5.74) is -1.27. The minimum atomic E-state index is -4.66. The fourth-order valence-corrected chi connectivity index (χ4v) is 5.13. The van der Waals surface area contributed by atoms with Crippen molar-refractivity contribution >= 4 is 54.6 Å². The van der Waals surface area contributed by atoms with E-state index in [2.05, 4.69) is 10.0 Å². The Morgan fingerprint density at radius 3 is 2.16 bits per heavy atom. The largest absolute Gasteiger partial charge is 0.416 e. The SMILES string of the molecule is CS(=O)(=O)N(CC(=O)Nc1ccc(S(=O)(=O)Nc2cccc(C(F)(F)F)c2)cc1)c1ccc(F)c(Cl)c1. The molecule has 0 aliphatic heterocycles. The molecule has 37 heavy (non-hydrogen) atoms. The Morgan fingerprint density at radius 1 is 0.946 bits per heavy atom. The lowest BCUT2D eigenvalue weighted by Crippen LogP contribution is -2.37. The molecule has 1 amide bonds. The predicted molar refractivity (Wildman–Crippen MR) is 131 cm³/mol. The van der Waals surface area contributed by atoms with Crippen LogP contribution in [0.3, 0.4) is 0 Å². The van der Waals surface area contributed by atoms with Gasteiger partial charge < -0.3 is 5.32 Å². The standard InChI is InChI=1S/C22H18ClF4N3O5S2/c1-36(32,33)30(17-7-10-20(24)19(23)12-17)13-21(31)28-15-5-8-18(9-6-15)37(34,35)29-16-4-2-3-14(11-16)22(25,26)27/h2-12,29H,13H2,1H3,(H,28,31). The molecule has 0 fully saturated rings. The molecule has 198 valence electrons. The minimum absolute atomic E-state index is 0.0499. The highest BCUT2D eigenvalue weighted by molar-refractivity contribution is 7.92. The number of carbonyl (C=O) groups excluding carboxylic acids is 1. The van der Waals surface area contributed by atoms with Gasteiger partial charge in [-0.25, -0.2) is 21.2 Å². The summed E-state index contributed by atoms with van der Waals surface area (Å²) in [7, 11) is -8.23. The fourth-order valence-electron chi connectivity index (χ4n) is 3.06. The molecule has 0 radical (unpaired) electrons. The normalized spacial score (nSPS) is 12.2. The van der Waals surface area contributed by atoms with Crippen molar-refractivity contribution in [3.8, 4) is 0 Å². The highest BCUT2D eigenvalue weighted by Gasteiger charge is 2.31. The van der Waals surface area contributed by atoms with Gasteiger partial charge in [-0.2, -0.15) is 13.2 Å². The molecule has 0 atom stereocenters. The van der Waals surface area contributed by atoms with Gasteiger partial charge in [0.1, 0.15) is 12.4 Å². The zero-order chi connectivity index (χ0) is 27.6. The van der Waals surface area contributed by atoms with E-state index in [1.54, 1.807) is 0 Å². The molecule has 0 spiro atoms. The molecule has 8 nitrogen and oxygen atoms in total. The quantitative estimate of drug-likeness (QED) is 0.376. The van der Waals surface area contributed by atoms with Crippen molar-refractivity contribution in [1.82, 2.24) is 0 Å². The highest BCUT2D eigenvalue weighted by Crippen LogP contribution is 2.31. The van der Waals surface area contributed by atoms with E-state index in [9.17, 15) is 39.2 Å². The summed E-state index contributed by atoms with van der Waals surface area (Å²) in [6, 6.07) is 11.4. The number of halogens is 5. The molecule has 3 aromatic rings. The summed E-state index contributed by atoms with van der Waals surface area (Å²) in [6.07, 6.45) is -3.81. The van der Waals surface area contributed by atoms with E-state index in [1.807, 2.05) is 0 Å². The Morgan fingerprint density at radius 2 is 1.59 bits per heavy atom. The van der Waals surface area contributed by atoms with Crippen molar-refractivity contribution in [2.75, 3.05) is 27.1 Å². The Labute approximate surface area is 215 Å². The Hall–Kier alpha value is -3.36. The zero-order valence-electron chi connectivity index (χ0n) is 18.8. The van der Waals surface area contributed by atoms with Crippen molar-refractivity contribution in [3.63, 3.8) is 0 Å². The summed E-state index contributed by atoms with van der Waals surface area (Å²) in [4.78, 5) is 12.2. The first-order chi connectivity index (χ1) is 17.1. The number of alkyl halides is 3. The number of nitrogens with zero attached hydrogens (tertiary/aromatic N) is 1. The third-order valence-corrected chi connectivity index (χ3v) is 7.60. The van der Waals surface area contributed by atoms with Crippen LogP contribution in [0, 0.1) is 5.82 Å². The number of hydrogen-bond donors (Lipinski definition) is 2. The lowest BCUT2D eigenvalue weighted by atomic mass is 10.2. The summed E-state index contributed by atoms with van der Waals surface area (Å²) in [5, 5.41) is 2.06. The van der Waals surface area contributed by atoms with Crippen LogP contribution in [0.5, 0.6) is 0 Å². The number of anilines is 3. The second-order valence-corrected chi connectivity index (χ2v) is 11.6. The fraction of sp³-hybridized carbons (Fsp3) is 0.136. The maximum absolute atomic E-state index is 13.4. The second kappa shape index (κ2) is 10.6. The Kier molecular flexibility index (Phi) is 8.05. The summed E-state index contributed by atoms with van der Waals surface area (Å²) in [5.74, 6) is -1.58. The minimum Gasteiger partial charge on any atom is -0.325 e. The van der Waals surface area contributed by atoms with Gasteiger partial charge in [-0.05, 0) is 60.7 Å². The number of rotatable bonds is 8. The highest BCUT2D eigenvalue weighted by atomic mass is 35.5. The summed E-state index contributed by atoms with van der Waals surface area (Å²) in [6.45, 7) is -0.696. The second-order valence-electron chi connectivity index (χ2n) is 7.62. The number of carbonyl (C=O) groups is 1. The number of hydrogen-bond acceptors (Lipinski definition) is 5. The number of benzene rings is 3.